The first kappa shape index (κ1) is 19.3. The van der Waals surface area contributed by atoms with Gasteiger partial charge in [-0.15, -0.1) is 0 Å². The molecule has 0 saturated carbocycles. The fourth-order valence-electron chi connectivity index (χ4n) is 3.63. The van der Waals surface area contributed by atoms with Gasteiger partial charge in [-0.1, -0.05) is 18.2 Å². The molecule has 0 bridgehead atoms. The predicted molar refractivity (Wildman–Crippen MR) is 109 cm³/mol. The Hall–Kier alpha value is -2.99. The van der Waals surface area contributed by atoms with Crippen LogP contribution in [-0.2, 0) is 13.2 Å². The summed E-state index contributed by atoms with van der Waals surface area (Å²) in [6.07, 6.45) is 1.69. The Bertz CT molecular complexity index is 933. The Balaban J connectivity index is 1.30. The molecule has 152 valence electrons. The van der Waals surface area contributed by atoms with Crippen LogP contribution >= 0.6 is 0 Å². The summed E-state index contributed by atoms with van der Waals surface area (Å²) < 4.78 is 17.1. The van der Waals surface area contributed by atoms with Crippen LogP contribution < -0.4 is 4.74 Å². The van der Waals surface area contributed by atoms with Crippen LogP contribution in [0.2, 0.25) is 0 Å². The zero-order chi connectivity index (χ0) is 20.2. The van der Waals surface area contributed by atoms with Crippen LogP contribution in [-0.4, -0.2) is 41.9 Å². The maximum absolute atomic E-state index is 12.8. The second kappa shape index (κ2) is 8.57. The van der Waals surface area contributed by atoms with E-state index in [0.717, 1.165) is 42.3 Å². The maximum Gasteiger partial charge on any atom is 0.289 e. The SMILES string of the molecule is Cc1cccc(C)c1OCc1ccc(C(=O)N2CCN(Cc3ccco3)CC2)o1. The van der Waals surface area contributed by atoms with E-state index in [0.29, 0.717) is 31.2 Å². The van der Waals surface area contributed by atoms with Gasteiger partial charge >= 0.3 is 0 Å². The van der Waals surface area contributed by atoms with E-state index in [4.69, 9.17) is 13.6 Å². The molecule has 3 heterocycles. The zero-order valence-corrected chi connectivity index (χ0v) is 16.9. The highest BCUT2D eigenvalue weighted by atomic mass is 16.5. The van der Waals surface area contributed by atoms with E-state index in [1.165, 1.54) is 0 Å². The minimum absolute atomic E-state index is 0.0685. The third-order valence-corrected chi connectivity index (χ3v) is 5.26. The van der Waals surface area contributed by atoms with Gasteiger partial charge in [0.05, 0.1) is 12.8 Å². The molecule has 0 unspecified atom stereocenters. The molecule has 1 amide bonds. The van der Waals surface area contributed by atoms with E-state index in [1.54, 1.807) is 12.3 Å². The highest BCUT2D eigenvalue weighted by Crippen LogP contribution is 2.24. The van der Waals surface area contributed by atoms with Crippen LogP contribution in [0.15, 0.2) is 57.6 Å². The fourth-order valence-corrected chi connectivity index (χ4v) is 3.63. The standard InChI is InChI=1S/C23H26N2O4/c1-17-5-3-6-18(2)22(17)28-16-20-8-9-21(29-20)23(26)25-12-10-24(11-13-25)15-19-7-4-14-27-19/h3-9,14H,10-13,15-16H2,1-2H3. The van der Waals surface area contributed by atoms with Crippen LogP contribution in [0.4, 0.5) is 0 Å². The van der Waals surface area contributed by atoms with E-state index in [-0.39, 0.29) is 5.91 Å². The van der Waals surface area contributed by atoms with Gasteiger partial charge in [0, 0.05) is 26.2 Å². The van der Waals surface area contributed by atoms with Crippen molar-refractivity contribution in [3.05, 3.63) is 77.1 Å². The van der Waals surface area contributed by atoms with Crippen LogP contribution in [0, 0.1) is 13.8 Å². The highest BCUT2D eigenvalue weighted by Gasteiger charge is 2.24. The summed E-state index contributed by atoms with van der Waals surface area (Å²) in [7, 11) is 0. The molecule has 0 radical (unpaired) electrons. The number of nitrogens with zero attached hydrogens (tertiary/aromatic N) is 2. The average molecular weight is 394 g/mol. The first-order valence-electron chi connectivity index (χ1n) is 9.92. The zero-order valence-electron chi connectivity index (χ0n) is 16.9. The summed E-state index contributed by atoms with van der Waals surface area (Å²) in [5.41, 5.74) is 2.17. The molecule has 0 aliphatic carbocycles. The lowest BCUT2D eigenvalue weighted by atomic mass is 10.1. The summed E-state index contributed by atoms with van der Waals surface area (Å²) in [5, 5.41) is 0. The molecule has 0 N–H and O–H groups in total. The van der Waals surface area contributed by atoms with Gasteiger partial charge in [-0.05, 0) is 49.2 Å². The van der Waals surface area contributed by atoms with E-state index in [1.807, 2.05) is 55.1 Å². The summed E-state index contributed by atoms with van der Waals surface area (Å²) in [5.74, 6) is 2.76. The minimum atomic E-state index is -0.0685. The smallest absolute Gasteiger partial charge is 0.289 e. The number of aryl methyl sites for hydroxylation is 2. The monoisotopic (exact) mass is 394 g/mol. The molecule has 1 aliphatic rings. The van der Waals surface area contributed by atoms with Crippen LogP contribution in [0.3, 0.4) is 0 Å². The minimum Gasteiger partial charge on any atom is -0.485 e. The Labute approximate surface area is 170 Å². The molecule has 29 heavy (non-hydrogen) atoms. The molecule has 6 nitrogen and oxygen atoms in total. The van der Waals surface area contributed by atoms with Gasteiger partial charge in [-0.3, -0.25) is 9.69 Å². The summed E-state index contributed by atoms with van der Waals surface area (Å²) in [6.45, 7) is 8.09. The van der Waals surface area contributed by atoms with Crippen molar-refractivity contribution in [1.82, 2.24) is 9.80 Å². The molecule has 0 spiro atoms. The van der Waals surface area contributed by atoms with Gasteiger partial charge in [-0.25, -0.2) is 0 Å². The maximum atomic E-state index is 12.8. The van der Waals surface area contributed by atoms with Crippen molar-refractivity contribution in [2.24, 2.45) is 0 Å². The Morgan fingerprint density at radius 2 is 1.72 bits per heavy atom. The molecule has 1 fully saturated rings. The molecular weight excluding hydrogens is 368 g/mol. The lowest BCUT2D eigenvalue weighted by Crippen LogP contribution is -2.48. The quantitative estimate of drug-likeness (QED) is 0.632. The van der Waals surface area contributed by atoms with E-state index >= 15 is 0 Å². The van der Waals surface area contributed by atoms with E-state index < -0.39 is 0 Å². The van der Waals surface area contributed by atoms with E-state index in [9.17, 15) is 4.79 Å². The highest BCUT2D eigenvalue weighted by molar-refractivity contribution is 5.91. The lowest BCUT2D eigenvalue weighted by Gasteiger charge is -2.33. The summed E-state index contributed by atoms with van der Waals surface area (Å²) in [4.78, 5) is 16.9. The van der Waals surface area contributed by atoms with Crippen molar-refractivity contribution in [2.45, 2.75) is 27.0 Å². The molecule has 2 aromatic heterocycles. The van der Waals surface area contributed by atoms with Crippen LogP contribution in [0.1, 0.15) is 33.2 Å². The fraction of sp³-hybridized carbons (Fsp3) is 0.348. The number of hydrogen-bond donors (Lipinski definition) is 0. The second-order valence-electron chi connectivity index (χ2n) is 7.42. The number of amides is 1. The molecule has 1 aromatic carbocycles. The van der Waals surface area contributed by atoms with Gasteiger partial charge in [0.1, 0.15) is 23.9 Å². The third kappa shape index (κ3) is 4.54. The molecular formula is C23H26N2O4. The van der Waals surface area contributed by atoms with Crippen LogP contribution in [0.5, 0.6) is 5.75 Å². The van der Waals surface area contributed by atoms with Gasteiger partial charge in [0.15, 0.2) is 5.76 Å². The van der Waals surface area contributed by atoms with Crippen molar-refractivity contribution < 1.29 is 18.4 Å². The van der Waals surface area contributed by atoms with Gasteiger partial charge in [0.25, 0.3) is 5.91 Å². The first-order valence-corrected chi connectivity index (χ1v) is 9.92. The largest absolute Gasteiger partial charge is 0.485 e. The number of carbonyl (C=O) groups excluding carboxylic acids is 1. The van der Waals surface area contributed by atoms with Crippen molar-refractivity contribution in [3.63, 3.8) is 0 Å². The number of carbonyl (C=O) groups is 1. The molecule has 1 saturated heterocycles. The molecule has 0 atom stereocenters. The number of para-hydroxylation sites is 1. The lowest BCUT2D eigenvalue weighted by molar-refractivity contribution is 0.0586. The third-order valence-electron chi connectivity index (χ3n) is 5.26. The Kier molecular flexibility index (Phi) is 5.71. The number of ether oxygens (including phenoxy) is 1. The number of rotatable bonds is 6. The van der Waals surface area contributed by atoms with Gasteiger partial charge in [-0.2, -0.15) is 0 Å². The van der Waals surface area contributed by atoms with E-state index in [2.05, 4.69) is 4.90 Å². The van der Waals surface area contributed by atoms with Gasteiger partial charge < -0.3 is 18.5 Å². The van der Waals surface area contributed by atoms with Crippen LogP contribution in [0.25, 0.3) is 0 Å². The predicted octanol–water partition coefficient (Wildman–Crippen LogP) is 4.03. The number of hydrogen-bond acceptors (Lipinski definition) is 5. The molecule has 6 heteroatoms. The number of piperazine rings is 1. The van der Waals surface area contributed by atoms with Crippen molar-refractivity contribution in [3.8, 4) is 5.75 Å². The van der Waals surface area contributed by atoms with Crippen molar-refractivity contribution >= 4 is 5.91 Å². The topological polar surface area (TPSA) is 59.1 Å². The Morgan fingerprint density at radius 1 is 0.966 bits per heavy atom. The molecule has 1 aliphatic heterocycles. The summed E-state index contributed by atoms with van der Waals surface area (Å²) >= 11 is 0. The summed E-state index contributed by atoms with van der Waals surface area (Å²) in [6, 6.07) is 13.5. The number of furan rings is 2. The number of benzene rings is 1. The normalized spacial score (nSPS) is 14.9. The molecule has 4 rings (SSSR count). The van der Waals surface area contributed by atoms with Crippen molar-refractivity contribution in [1.29, 1.82) is 0 Å². The van der Waals surface area contributed by atoms with Gasteiger partial charge in [0.2, 0.25) is 0 Å². The van der Waals surface area contributed by atoms with Crippen molar-refractivity contribution in [2.75, 3.05) is 26.2 Å². The average Bonchev–Trinajstić information content (AvgIpc) is 3.40. The second-order valence-corrected chi connectivity index (χ2v) is 7.42. The molecule has 3 aromatic rings. The first-order chi connectivity index (χ1) is 14.1. The Morgan fingerprint density at radius 3 is 2.41 bits per heavy atom.